The number of aryl methyl sites for hydroxylation is 2. The first kappa shape index (κ1) is 24.5. The van der Waals surface area contributed by atoms with Crippen molar-refractivity contribution in [2.24, 2.45) is 0 Å². The van der Waals surface area contributed by atoms with Gasteiger partial charge in [0.2, 0.25) is 0 Å². The zero-order valence-corrected chi connectivity index (χ0v) is 20.5. The SMILES string of the molecule is C[N+](C)(C)CCCCC[n+]1ccc(-c2cc[n+](CCCCC[N+](C)(C)C)cc2)cc1. The Morgan fingerprint density at radius 3 is 1.13 bits per heavy atom. The molecule has 4 heteroatoms. The average molecular weight is 415 g/mol. The van der Waals surface area contributed by atoms with Gasteiger partial charge in [0.15, 0.2) is 24.8 Å². The maximum atomic E-state index is 2.31. The van der Waals surface area contributed by atoms with Gasteiger partial charge in [-0.2, -0.15) is 0 Å². The highest BCUT2D eigenvalue weighted by atomic mass is 15.3. The Morgan fingerprint density at radius 2 is 0.833 bits per heavy atom. The van der Waals surface area contributed by atoms with Gasteiger partial charge in [0.25, 0.3) is 0 Å². The first-order valence-corrected chi connectivity index (χ1v) is 11.7. The Bertz CT molecular complexity index is 656. The predicted octanol–water partition coefficient (Wildman–Crippen LogP) is 3.68. The topological polar surface area (TPSA) is 7.76 Å². The second-order valence-electron chi connectivity index (χ2n) is 10.8. The Labute approximate surface area is 185 Å². The molecule has 0 fully saturated rings. The van der Waals surface area contributed by atoms with Gasteiger partial charge in [-0.15, -0.1) is 0 Å². The van der Waals surface area contributed by atoms with Crippen LogP contribution in [-0.2, 0) is 13.1 Å². The second-order valence-corrected chi connectivity index (χ2v) is 10.8. The number of pyridine rings is 2. The average Bonchev–Trinajstić information content (AvgIpc) is 2.67. The molecule has 0 atom stereocenters. The standard InChI is InChI=1S/C26H46N4/c1-29(2,3)23-11-7-9-17-27-19-13-25(14-20-27)26-15-21-28(22-16-26)18-10-8-12-24-30(4,5)6/h13-16,19-22H,7-12,17-18,23-24H2,1-6H3/q+4. The summed E-state index contributed by atoms with van der Waals surface area (Å²) in [5.74, 6) is 0. The smallest absolute Gasteiger partial charge is 0.169 e. The van der Waals surface area contributed by atoms with E-state index in [9.17, 15) is 0 Å². The van der Waals surface area contributed by atoms with Crippen molar-refractivity contribution in [3.63, 3.8) is 0 Å². The lowest BCUT2D eigenvalue weighted by molar-refractivity contribution is -0.870. The van der Waals surface area contributed by atoms with Gasteiger partial charge in [-0.25, -0.2) is 9.13 Å². The van der Waals surface area contributed by atoms with Crippen LogP contribution in [0, 0.1) is 0 Å². The number of hydrogen-bond donors (Lipinski definition) is 0. The number of aromatic nitrogens is 2. The van der Waals surface area contributed by atoms with Crippen molar-refractivity contribution in [3.05, 3.63) is 49.1 Å². The molecular formula is C26H46N4+4. The Morgan fingerprint density at radius 1 is 0.500 bits per heavy atom. The lowest BCUT2D eigenvalue weighted by Crippen LogP contribution is -2.36. The van der Waals surface area contributed by atoms with E-state index in [4.69, 9.17) is 0 Å². The quantitative estimate of drug-likeness (QED) is 0.268. The van der Waals surface area contributed by atoms with Gasteiger partial charge in [-0.3, -0.25) is 0 Å². The summed E-state index contributed by atoms with van der Waals surface area (Å²) >= 11 is 0. The summed E-state index contributed by atoms with van der Waals surface area (Å²) in [5.41, 5.74) is 2.60. The lowest BCUT2D eigenvalue weighted by Gasteiger charge is -2.23. The van der Waals surface area contributed by atoms with Gasteiger partial charge in [0.1, 0.15) is 13.1 Å². The maximum Gasteiger partial charge on any atom is 0.169 e. The third-order valence-corrected chi connectivity index (χ3v) is 5.61. The van der Waals surface area contributed by atoms with E-state index in [2.05, 4.69) is 100 Å². The van der Waals surface area contributed by atoms with Crippen LogP contribution in [0.15, 0.2) is 49.1 Å². The van der Waals surface area contributed by atoms with E-state index in [0.29, 0.717) is 0 Å². The second kappa shape index (κ2) is 11.6. The minimum absolute atomic E-state index is 1.06. The molecule has 0 unspecified atom stereocenters. The Balaban J connectivity index is 1.73. The third kappa shape index (κ3) is 10.3. The summed E-state index contributed by atoms with van der Waals surface area (Å²) in [5, 5.41) is 0. The zero-order valence-electron chi connectivity index (χ0n) is 20.5. The van der Waals surface area contributed by atoms with E-state index in [1.165, 1.54) is 62.7 Å². The molecule has 0 aliphatic heterocycles. The fraction of sp³-hybridized carbons (Fsp3) is 0.615. The summed E-state index contributed by atoms with van der Waals surface area (Å²) in [6.07, 6.45) is 16.6. The Kier molecular flexibility index (Phi) is 9.44. The van der Waals surface area contributed by atoms with Crippen molar-refractivity contribution < 1.29 is 18.1 Å². The van der Waals surface area contributed by atoms with Crippen LogP contribution in [0.25, 0.3) is 11.1 Å². The zero-order chi connectivity index (χ0) is 22.0. The summed E-state index contributed by atoms with van der Waals surface area (Å²) in [7, 11) is 13.6. The Hall–Kier alpha value is -1.78. The van der Waals surface area contributed by atoms with Crippen LogP contribution in [0.4, 0.5) is 0 Å². The normalized spacial score (nSPS) is 12.3. The molecule has 0 amide bonds. The van der Waals surface area contributed by atoms with E-state index in [1.807, 2.05) is 0 Å². The fourth-order valence-electron chi connectivity index (χ4n) is 3.71. The molecule has 2 aromatic rings. The van der Waals surface area contributed by atoms with E-state index in [1.54, 1.807) is 0 Å². The molecule has 0 bridgehead atoms. The minimum atomic E-state index is 1.06. The molecule has 2 aromatic heterocycles. The summed E-state index contributed by atoms with van der Waals surface area (Å²) < 4.78 is 6.76. The van der Waals surface area contributed by atoms with E-state index >= 15 is 0 Å². The van der Waals surface area contributed by atoms with Crippen LogP contribution in [0.1, 0.15) is 38.5 Å². The molecule has 4 nitrogen and oxygen atoms in total. The van der Waals surface area contributed by atoms with Gasteiger partial charge in [0, 0.05) is 37.1 Å². The molecule has 0 saturated carbocycles. The number of quaternary nitrogens is 2. The van der Waals surface area contributed by atoms with Crippen LogP contribution in [0.5, 0.6) is 0 Å². The van der Waals surface area contributed by atoms with E-state index in [0.717, 1.165) is 22.1 Å². The lowest BCUT2D eigenvalue weighted by atomic mass is 10.1. The molecule has 0 radical (unpaired) electrons. The third-order valence-electron chi connectivity index (χ3n) is 5.61. The molecule has 0 N–H and O–H groups in total. The summed E-state index contributed by atoms with van der Waals surface area (Å²) in [4.78, 5) is 0. The highest BCUT2D eigenvalue weighted by molar-refractivity contribution is 5.60. The van der Waals surface area contributed by atoms with Crippen LogP contribution >= 0.6 is 0 Å². The predicted molar refractivity (Wildman–Crippen MR) is 126 cm³/mol. The summed E-state index contributed by atoms with van der Waals surface area (Å²) in [6, 6.07) is 8.99. The van der Waals surface area contributed by atoms with Gasteiger partial charge in [-0.1, -0.05) is 0 Å². The van der Waals surface area contributed by atoms with Gasteiger partial charge in [-0.05, 0) is 36.8 Å². The van der Waals surface area contributed by atoms with Crippen molar-refractivity contribution in [2.75, 3.05) is 55.4 Å². The highest BCUT2D eigenvalue weighted by Gasteiger charge is 2.09. The molecule has 2 heterocycles. The van der Waals surface area contributed by atoms with Crippen LogP contribution in [-0.4, -0.2) is 64.3 Å². The van der Waals surface area contributed by atoms with E-state index in [-0.39, 0.29) is 0 Å². The first-order valence-electron chi connectivity index (χ1n) is 11.7. The van der Waals surface area contributed by atoms with Gasteiger partial charge >= 0.3 is 0 Å². The van der Waals surface area contributed by atoms with Crippen molar-refractivity contribution in [2.45, 2.75) is 51.6 Å². The molecule has 0 aliphatic carbocycles. The highest BCUT2D eigenvalue weighted by Crippen LogP contribution is 2.15. The first-order chi connectivity index (χ1) is 14.1. The van der Waals surface area contributed by atoms with Gasteiger partial charge in [0.05, 0.1) is 55.4 Å². The van der Waals surface area contributed by atoms with Crippen LogP contribution in [0.3, 0.4) is 0 Å². The number of hydrogen-bond acceptors (Lipinski definition) is 0. The number of rotatable bonds is 13. The summed E-state index contributed by atoms with van der Waals surface area (Å²) in [6.45, 7) is 4.74. The molecule has 0 aliphatic rings. The van der Waals surface area contributed by atoms with Gasteiger partial charge < -0.3 is 8.97 Å². The van der Waals surface area contributed by atoms with Crippen molar-refractivity contribution in [1.29, 1.82) is 0 Å². The molecule has 0 spiro atoms. The largest absolute Gasteiger partial charge is 0.331 e. The fourth-order valence-corrected chi connectivity index (χ4v) is 3.71. The van der Waals surface area contributed by atoms with Crippen molar-refractivity contribution in [1.82, 2.24) is 0 Å². The van der Waals surface area contributed by atoms with Crippen LogP contribution < -0.4 is 9.13 Å². The minimum Gasteiger partial charge on any atom is -0.331 e. The van der Waals surface area contributed by atoms with Crippen LogP contribution in [0.2, 0.25) is 0 Å². The molecule has 166 valence electrons. The molecule has 0 aromatic carbocycles. The van der Waals surface area contributed by atoms with E-state index < -0.39 is 0 Å². The van der Waals surface area contributed by atoms with Crippen molar-refractivity contribution >= 4 is 0 Å². The maximum absolute atomic E-state index is 2.31. The van der Waals surface area contributed by atoms with Crippen molar-refractivity contribution in [3.8, 4) is 11.1 Å². The molecule has 2 rings (SSSR count). The molecule has 30 heavy (non-hydrogen) atoms. The number of unbranched alkanes of at least 4 members (excludes halogenated alkanes) is 4. The monoisotopic (exact) mass is 414 g/mol. The molecule has 0 saturated heterocycles. The molecular weight excluding hydrogens is 368 g/mol. The number of nitrogens with zero attached hydrogens (tertiary/aromatic N) is 4.